The molecule has 0 saturated carbocycles. The number of nitrogens with one attached hydrogen (secondary N) is 1. The van der Waals surface area contributed by atoms with E-state index in [-0.39, 0.29) is 23.0 Å². The van der Waals surface area contributed by atoms with E-state index >= 15 is 0 Å². The van der Waals surface area contributed by atoms with E-state index in [9.17, 15) is 18.0 Å². The van der Waals surface area contributed by atoms with Gasteiger partial charge in [-0.2, -0.15) is 0 Å². The number of anilines is 1. The van der Waals surface area contributed by atoms with E-state index < -0.39 is 28.5 Å². The van der Waals surface area contributed by atoms with Crippen molar-refractivity contribution in [2.45, 2.75) is 43.1 Å². The fourth-order valence-electron chi connectivity index (χ4n) is 4.07. The third-order valence-corrected chi connectivity index (χ3v) is 9.47. The van der Waals surface area contributed by atoms with Gasteiger partial charge in [0.15, 0.2) is 0 Å². The van der Waals surface area contributed by atoms with Crippen molar-refractivity contribution >= 4 is 62.5 Å². The Balaban J connectivity index is 2.09. The zero-order chi connectivity index (χ0) is 30.2. The molecule has 8 nitrogen and oxygen atoms in total. The molecular formula is C29H33Cl2N3O5S2. The predicted octanol–water partition coefficient (Wildman–Crippen LogP) is 5.86. The summed E-state index contributed by atoms with van der Waals surface area (Å²) in [5.41, 5.74) is 0.831. The van der Waals surface area contributed by atoms with Crippen LogP contribution in [0.15, 0.2) is 76.5 Å². The molecule has 0 spiro atoms. The molecule has 12 heteroatoms. The summed E-state index contributed by atoms with van der Waals surface area (Å²) in [5, 5.41) is 3.38. The van der Waals surface area contributed by atoms with Crippen LogP contribution in [0.4, 0.5) is 5.69 Å². The molecule has 3 aromatic rings. The summed E-state index contributed by atoms with van der Waals surface area (Å²) in [7, 11) is -4.23. The molecule has 0 aromatic heterocycles. The standard InChI is InChI=1S/C29H33Cl2N3O5S2/c1-5-32-29(36)20(3)33(18-21-11-16-24(30)25(31)17-21)28(35)19-34(26-9-7-8-10-27(26)39-6-2)41(37,38)23-14-12-22(40-4)13-15-23/h7-17,20H,5-6,18-19H2,1-4H3,(H,32,36)/t20-/m0/s1. The fourth-order valence-corrected chi connectivity index (χ4v) is 6.22. The average Bonchev–Trinajstić information content (AvgIpc) is 2.96. The van der Waals surface area contributed by atoms with Gasteiger partial charge in [-0.15, -0.1) is 11.8 Å². The molecule has 0 aliphatic rings. The molecule has 0 aliphatic carbocycles. The number of sulfonamides is 1. The van der Waals surface area contributed by atoms with Gasteiger partial charge < -0.3 is 15.0 Å². The lowest BCUT2D eigenvalue weighted by Crippen LogP contribution is -2.51. The van der Waals surface area contributed by atoms with Crippen LogP contribution in [0, 0.1) is 0 Å². The van der Waals surface area contributed by atoms with Crippen LogP contribution >= 0.6 is 35.0 Å². The van der Waals surface area contributed by atoms with Crippen LogP contribution in [0.1, 0.15) is 26.3 Å². The zero-order valence-electron chi connectivity index (χ0n) is 23.3. The molecule has 0 aliphatic heterocycles. The van der Waals surface area contributed by atoms with E-state index in [1.807, 2.05) is 6.26 Å². The quantitative estimate of drug-likeness (QED) is 0.236. The summed E-state index contributed by atoms with van der Waals surface area (Å²) < 4.78 is 34.9. The van der Waals surface area contributed by atoms with Crippen LogP contribution in [0.3, 0.4) is 0 Å². The summed E-state index contributed by atoms with van der Waals surface area (Å²) in [6.07, 6.45) is 1.89. The molecule has 41 heavy (non-hydrogen) atoms. The maximum absolute atomic E-state index is 14.1. The first-order valence-electron chi connectivity index (χ1n) is 12.9. The molecule has 0 radical (unpaired) electrons. The number of rotatable bonds is 13. The summed E-state index contributed by atoms with van der Waals surface area (Å²) in [4.78, 5) is 29.1. The number of thioether (sulfide) groups is 1. The number of halogens is 2. The highest BCUT2D eigenvalue weighted by Crippen LogP contribution is 2.33. The van der Waals surface area contributed by atoms with Crippen LogP contribution in [-0.4, -0.2) is 57.1 Å². The van der Waals surface area contributed by atoms with Crippen molar-refractivity contribution in [2.75, 3.05) is 30.3 Å². The summed E-state index contributed by atoms with van der Waals surface area (Å²) in [6, 6.07) is 17.1. The van der Waals surface area contributed by atoms with Gasteiger partial charge in [-0.25, -0.2) is 8.42 Å². The van der Waals surface area contributed by atoms with Crippen LogP contribution in [0.5, 0.6) is 5.75 Å². The number of carbonyl (C=O) groups excluding carboxylic acids is 2. The number of hydrogen-bond donors (Lipinski definition) is 1. The number of hydrogen-bond acceptors (Lipinski definition) is 6. The van der Waals surface area contributed by atoms with Crippen LogP contribution in [0.2, 0.25) is 10.0 Å². The second kappa shape index (κ2) is 14.8. The van der Waals surface area contributed by atoms with E-state index in [0.717, 1.165) is 9.20 Å². The number of ether oxygens (including phenoxy) is 1. The SMILES string of the molecule is CCNC(=O)[C@H](C)N(Cc1ccc(Cl)c(Cl)c1)C(=O)CN(c1ccccc1OCC)S(=O)(=O)c1ccc(SC)cc1. The van der Waals surface area contributed by atoms with Crippen molar-refractivity contribution < 1.29 is 22.7 Å². The summed E-state index contributed by atoms with van der Waals surface area (Å²) >= 11 is 13.8. The average molecular weight is 639 g/mol. The predicted molar refractivity (Wildman–Crippen MR) is 166 cm³/mol. The minimum atomic E-state index is -4.23. The van der Waals surface area contributed by atoms with Gasteiger partial charge in [0.1, 0.15) is 18.3 Å². The van der Waals surface area contributed by atoms with Crippen molar-refractivity contribution in [3.8, 4) is 5.75 Å². The normalized spacial score (nSPS) is 12.0. The minimum Gasteiger partial charge on any atom is -0.492 e. The lowest BCUT2D eigenvalue weighted by Gasteiger charge is -2.32. The highest BCUT2D eigenvalue weighted by Gasteiger charge is 2.33. The Bertz CT molecular complexity index is 1470. The molecule has 3 rings (SSSR count). The van der Waals surface area contributed by atoms with Gasteiger partial charge in [0.2, 0.25) is 11.8 Å². The maximum atomic E-state index is 14.1. The van der Waals surface area contributed by atoms with E-state index in [4.69, 9.17) is 27.9 Å². The number of likely N-dealkylation sites (N-methyl/N-ethyl adjacent to an activating group) is 1. The van der Waals surface area contributed by atoms with E-state index in [1.165, 1.54) is 28.8 Å². The van der Waals surface area contributed by atoms with Crippen molar-refractivity contribution in [1.82, 2.24) is 10.2 Å². The second-order valence-corrected chi connectivity index (χ2v) is 12.5. The van der Waals surface area contributed by atoms with Crippen LogP contribution in [0.25, 0.3) is 0 Å². The Hall–Kier alpha value is -2.92. The number of nitrogens with zero attached hydrogens (tertiary/aromatic N) is 2. The van der Waals surface area contributed by atoms with Gasteiger partial charge in [-0.3, -0.25) is 13.9 Å². The Morgan fingerprint density at radius 1 is 1.00 bits per heavy atom. The van der Waals surface area contributed by atoms with E-state index in [1.54, 1.807) is 75.4 Å². The molecule has 220 valence electrons. The molecule has 0 bridgehead atoms. The summed E-state index contributed by atoms with van der Waals surface area (Å²) in [6.45, 7) is 5.23. The topological polar surface area (TPSA) is 96.0 Å². The Kier molecular flexibility index (Phi) is 11.8. The maximum Gasteiger partial charge on any atom is 0.264 e. The fraction of sp³-hybridized carbons (Fsp3) is 0.310. The van der Waals surface area contributed by atoms with Crippen LogP contribution in [-0.2, 0) is 26.2 Å². The van der Waals surface area contributed by atoms with E-state index in [0.29, 0.717) is 34.5 Å². The summed E-state index contributed by atoms with van der Waals surface area (Å²) in [5.74, 6) is -0.664. The number of carbonyl (C=O) groups is 2. The number of benzene rings is 3. The van der Waals surface area contributed by atoms with Crippen molar-refractivity contribution in [3.63, 3.8) is 0 Å². The smallest absolute Gasteiger partial charge is 0.264 e. The second-order valence-electron chi connectivity index (χ2n) is 8.93. The van der Waals surface area contributed by atoms with Gasteiger partial charge in [0, 0.05) is 18.0 Å². The Morgan fingerprint density at radius 2 is 1.68 bits per heavy atom. The molecule has 1 N–H and O–H groups in total. The van der Waals surface area contributed by atoms with Crippen molar-refractivity contribution in [1.29, 1.82) is 0 Å². The van der Waals surface area contributed by atoms with E-state index in [2.05, 4.69) is 5.32 Å². The third-order valence-electron chi connectivity index (χ3n) is 6.22. The number of para-hydroxylation sites is 2. The molecule has 0 fully saturated rings. The molecule has 0 unspecified atom stereocenters. The largest absolute Gasteiger partial charge is 0.492 e. The first-order chi connectivity index (χ1) is 19.5. The molecule has 0 saturated heterocycles. The first-order valence-corrected chi connectivity index (χ1v) is 16.3. The molecule has 3 aromatic carbocycles. The minimum absolute atomic E-state index is 0.00254. The Morgan fingerprint density at radius 3 is 2.29 bits per heavy atom. The van der Waals surface area contributed by atoms with Crippen molar-refractivity contribution in [3.05, 3.63) is 82.3 Å². The number of amides is 2. The highest BCUT2D eigenvalue weighted by molar-refractivity contribution is 7.98. The molecular weight excluding hydrogens is 605 g/mol. The van der Waals surface area contributed by atoms with Crippen molar-refractivity contribution in [2.24, 2.45) is 0 Å². The molecule has 2 amide bonds. The van der Waals surface area contributed by atoms with Gasteiger partial charge >= 0.3 is 0 Å². The van der Waals surface area contributed by atoms with Gasteiger partial charge in [-0.05, 0) is 81.1 Å². The van der Waals surface area contributed by atoms with Gasteiger partial charge in [0.25, 0.3) is 10.0 Å². The van der Waals surface area contributed by atoms with Gasteiger partial charge in [0.05, 0.1) is 27.2 Å². The first kappa shape index (κ1) is 32.6. The van der Waals surface area contributed by atoms with Gasteiger partial charge in [-0.1, -0.05) is 41.4 Å². The molecule has 1 atom stereocenters. The lowest BCUT2D eigenvalue weighted by atomic mass is 10.1. The highest BCUT2D eigenvalue weighted by atomic mass is 35.5. The van der Waals surface area contributed by atoms with Crippen LogP contribution < -0.4 is 14.4 Å². The monoisotopic (exact) mass is 637 g/mol. The third kappa shape index (κ3) is 8.09. The lowest BCUT2D eigenvalue weighted by molar-refractivity contribution is -0.139. The Labute approximate surface area is 256 Å². The molecule has 0 heterocycles. The zero-order valence-corrected chi connectivity index (χ0v) is 26.4.